The number of amides is 1. The maximum absolute atomic E-state index is 12.8. The van der Waals surface area contributed by atoms with Crippen LogP contribution in [0.15, 0.2) is 36.7 Å². The summed E-state index contributed by atoms with van der Waals surface area (Å²) in [6.45, 7) is 1.55. The Kier molecular flexibility index (Phi) is 5.84. The zero-order valence-corrected chi connectivity index (χ0v) is 15.2. The van der Waals surface area contributed by atoms with Crippen molar-refractivity contribution in [3.8, 4) is 0 Å². The van der Waals surface area contributed by atoms with E-state index in [1.807, 2.05) is 18.1 Å². The average Bonchev–Trinajstić information content (AvgIpc) is 3.18. The van der Waals surface area contributed by atoms with Gasteiger partial charge in [0.25, 0.3) is 0 Å². The highest BCUT2D eigenvalue weighted by molar-refractivity contribution is 5.78. The first-order chi connectivity index (χ1) is 12.8. The molecule has 1 saturated heterocycles. The molecule has 1 aliphatic heterocycles. The number of likely N-dealkylation sites (tertiary alicyclic amines) is 1. The molecule has 0 bridgehead atoms. The van der Waals surface area contributed by atoms with Crippen molar-refractivity contribution in [2.45, 2.75) is 44.6 Å². The minimum atomic E-state index is -4.33. The van der Waals surface area contributed by atoms with Crippen molar-refractivity contribution in [1.82, 2.24) is 20.0 Å². The molecular formula is C19H23F3N4O. The number of aryl methyl sites for hydroxylation is 1. The summed E-state index contributed by atoms with van der Waals surface area (Å²) < 4.78 is 40.0. The number of halogens is 3. The number of aromatic nitrogens is 2. The summed E-state index contributed by atoms with van der Waals surface area (Å²) >= 11 is 0. The molecular weight excluding hydrogens is 357 g/mol. The van der Waals surface area contributed by atoms with Gasteiger partial charge >= 0.3 is 6.18 Å². The van der Waals surface area contributed by atoms with Crippen LogP contribution < -0.4 is 5.32 Å². The molecule has 1 N–H and O–H groups in total. The normalized spacial score (nSPS) is 17.7. The van der Waals surface area contributed by atoms with E-state index in [0.717, 1.165) is 24.5 Å². The monoisotopic (exact) mass is 380 g/mol. The molecule has 1 aromatic heterocycles. The summed E-state index contributed by atoms with van der Waals surface area (Å²) in [5, 5.41) is 7.32. The fourth-order valence-electron chi connectivity index (χ4n) is 3.42. The highest BCUT2D eigenvalue weighted by Gasteiger charge is 2.31. The van der Waals surface area contributed by atoms with Crippen LogP contribution in [0, 0.1) is 0 Å². The Balaban J connectivity index is 1.49. The molecule has 0 radical (unpaired) electrons. The second-order valence-electron chi connectivity index (χ2n) is 6.90. The predicted octanol–water partition coefficient (Wildman–Crippen LogP) is 3.11. The molecule has 0 spiro atoms. The third-order valence-corrected chi connectivity index (χ3v) is 4.80. The molecule has 2 aromatic rings. The number of rotatable bonds is 7. The number of hydrogen-bond acceptors (Lipinski definition) is 3. The summed E-state index contributed by atoms with van der Waals surface area (Å²) in [6, 6.07) is 5.48. The van der Waals surface area contributed by atoms with Gasteiger partial charge in [0.05, 0.1) is 11.8 Å². The van der Waals surface area contributed by atoms with Gasteiger partial charge in [-0.05, 0) is 31.0 Å². The van der Waals surface area contributed by atoms with Crippen molar-refractivity contribution in [3.05, 3.63) is 53.3 Å². The summed E-state index contributed by atoms with van der Waals surface area (Å²) in [6.07, 6.45) is 1.45. The lowest BCUT2D eigenvalue weighted by molar-refractivity contribution is -0.137. The number of carbonyl (C=O) groups excluding carboxylic acids is 1. The highest BCUT2D eigenvalue weighted by Crippen LogP contribution is 2.29. The van der Waals surface area contributed by atoms with E-state index >= 15 is 0 Å². The maximum Gasteiger partial charge on any atom is 0.416 e. The number of hydrogen-bond donors (Lipinski definition) is 1. The summed E-state index contributed by atoms with van der Waals surface area (Å²) in [4.78, 5) is 14.0. The van der Waals surface area contributed by atoms with Gasteiger partial charge in [0, 0.05) is 44.4 Å². The molecule has 5 nitrogen and oxygen atoms in total. The van der Waals surface area contributed by atoms with Crippen LogP contribution in [0.4, 0.5) is 13.2 Å². The highest BCUT2D eigenvalue weighted by atomic mass is 19.4. The van der Waals surface area contributed by atoms with Crippen LogP contribution in [-0.2, 0) is 31.1 Å². The van der Waals surface area contributed by atoms with E-state index < -0.39 is 11.7 Å². The van der Waals surface area contributed by atoms with E-state index in [0.29, 0.717) is 31.6 Å². The van der Waals surface area contributed by atoms with E-state index in [4.69, 9.17) is 0 Å². The van der Waals surface area contributed by atoms with Gasteiger partial charge in [-0.25, -0.2) is 0 Å². The van der Waals surface area contributed by atoms with Gasteiger partial charge in [-0.2, -0.15) is 18.3 Å². The quantitative estimate of drug-likeness (QED) is 0.751. The van der Waals surface area contributed by atoms with Gasteiger partial charge in [-0.3, -0.25) is 9.48 Å². The van der Waals surface area contributed by atoms with Crippen molar-refractivity contribution in [1.29, 1.82) is 0 Å². The van der Waals surface area contributed by atoms with Gasteiger partial charge in [0.1, 0.15) is 0 Å². The maximum atomic E-state index is 12.8. The molecule has 27 heavy (non-hydrogen) atoms. The molecule has 0 saturated carbocycles. The van der Waals surface area contributed by atoms with E-state index in [1.54, 1.807) is 16.9 Å². The largest absolute Gasteiger partial charge is 0.416 e. The summed E-state index contributed by atoms with van der Waals surface area (Å²) in [5.74, 6) is 0.140. The topological polar surface area (TPSA) is 50.2 Å². The predicted molar refractivity (Wildman–Crippen MR) is 94.5 cm³/mol. The van der Waals surface area contributed by atoms with Crippen LogP contribution in [-0.4, -0.2) is 33.2 Å². The number of alkyl halides is 3. The number of nitrogens with zero attached hydrogens (tertiary/aromatic N) is 3. The first kappa shape index (κ1) is 19.4. The standard InChI is InChI=1S/C19H23F3N4O/c1-25-12-15(11-24-25)13-26-17(5-6-18(26)27)7-8-23-10-14-3-2-4-16(9-14)19(20,21)22/h2-4,9,11-12,17,23H,5-8,10,13H2,1H3. The molecule has 0 aliphatic carbocycles. The second kappa shape index (κ2) is 8.12. The minimum absolute atomic E-state index is 0.140. The van der Waals surface area contributed by atoms with E-state index in [1.165, 1.54) is 12.1 Å². The van der Waals surface area contributed by atoms with E-state index in [2.05, 4.69) is 10.4 Å². The minimum Gasteiger partial charge on any atom is -0.335 e. The van der Waals surface area contributed by atoms with Crippen molar-refractivity contribution >= 4 is 5.91 Å². The van der Waals surface area contributed by atoms with Gasteiger partial charge in [0.2, 0.25) is 5.91 Å². The molecule has 146 valence electrons. The molecule has 8 heteroatoms. The number of nitrogens with one attached hydrogen (secondary N) is 1. The Bertz CT molecular complexity index is 787. The summed E-state index contributed by atoms with van der Waals surface area (Å²) in [7, 11) is 1.84. The molecule has 1 amide bonds. The van der Waals surface area contributed by atoms with Crippen molar-refractivity contribution in [2.24, 2.45) is 7.05 Å². The van der Waals surface area contributed by atoms with Gasteiger partial charge in [-0.15, -0.1) is 0 Å². The molecule has 2 heterocycles. The van der Waals surface area contributed by atoms with Crippen molar-refractivity contribution in [2.75, 3.05) is 6.54 Å². The van der Waals surface area contributed by atoms with Crippen LogP contribution in [0.5, 0.6) is 0 Å². The van der Waals surface area contributed by atoms with Crippen molar-refractivity contribution in [3.63, 3.8) is 0 Å². The molecule has 1 aliphatic rings. The van der Waals surface area contributed by atoms with E-state index in [-0.39, 0.29) is 11.9 Å². The fraction of sp³-hybridized carbons (Fsp3) is 0.474. The SMILES string of the molecule is Cn1cc(CN2C(=O)CCC2CCNCc2cccc(C(F)(F)F)c2)cn1. The fourth-order valence-corrected chi connectivity index (χ4v) is 3.42. The summed E-state index contributed by atoms with van der Waals surface area (Å²) in [5.41, 5.74) is 0.958. The third kappa shape index (κ3) is 5.09. The Morgan fingerprint density at radius 2 is 2.11 bits per heavy atom. The Hall–Kier alpha value is -2.35. The van der Waals surface area contributed by atoms with E-state index in [9.17, 15) is 18.0 Å². The Labute approximate surface area is 156 Å². The second-order valence-corrected chi connectivity index (χ2v) is 6.90. The van der Waals surface area contributed by atoms with Crippen LogP contribution in [0.2, 0.25) is 0 Å². The lowest BCUT2D eigenvalue weighted by atomic mass is 10.1. The lowest BCUT2D eigenvalue weighted by Crippen LogP contribution is -2.34. The molecule has 1 aromatic carbocycles. The molecule has 1 fully saturated rings. The number of benzene rings is 1. The average molecular weight is 380 g/mol. The van der Waals surface area contributed by atoms with Crippen LogP contribution >= 0.6 is 0 Å². The molecule has 3 rings (SSSR count). The van der Waals surface area contributed by atoms with Crippen molar-refractivity contribution < 1.29 is 18.0 Å². The zero-order chi connectivity index (χ0) is 19.4. The smallest absolute Gasteiger partial charge is 0.335 e. The zero-order valence-electron chi connectivity index (χ0n) is 15.2. The number of carbonyl (C=O) groups is 1. The first-order valence-corrected chi connectivity index (χ1v) is 8.97. The molecule has 1 atom stereocenters. The Morgan fingerprint density at radius 3 is 2.81 bits per heavy atom. The Morgan fingerprint density at radius 1 is 1.30 bits per heavy atom. The van der Waals surface area contributed by atoms with Gasteiger partial charge in [0.15, 0.2) is 0 Å². The lowest BCUT2D eigenvalue weighted by Gasteiger charge is -2.24. The van der Waals surface area contributed by atoms with Gasteiger partial charge in [-0.1, -0.05) is 18.2 Å². The third-order valence-electron chi connectivity index (χ3n) is 4.80. The van der Waals surface area contributed by atoms with Crippen LogP contribution in [0.1, 0.15) is 36.0 Å². The first-order valence-electron chi connectivity index (χ1n) is 8.97. The molecule has 1 unspecified atom stereocenters. The van der Waals surface area contributed by atoms with Gasteiger partial charge < -0.3 is 10.2 Å². The van der Waals surface area contributed by atoms with Crippen LogP contribution in [0.25, 0.3) is 0 Å². The van der Waals surface area contributed by atoms with Crippen LogP contribution in [0.3, 0.4) is 0 Å².